The van der Waals surface area contributed by atoms with Crippen molar-refractivity contribution >= 4 is 11.5 Å². The molecule has 4 nitrogen and oxygen atoms in total. The van der Waals surface area contributed by atoms with Crippen molar-refractivity contribution in [2.75, 3.05) is 12.4 Å². The Labute approximate surface area is 148 Å². The first-order valence-corrected chi connectivity index (χ1v) is 9.15. The zero-order chi connectivity index (χ0) is 17.2. The van der Waals surface area contributed by atoms with Crippen LogP contribution in [0.1, 0.15) is 37.7 Å². The number of hydrogen-bond donors (Lipinski definition) is 1. The number of hydrogen-bond acceptors (Lipinski definition) is 3. The molecule has 25 heavy (non-hydrogen) atoms. The first-order valence-electron chi connectivity index (χ1n) is 9.15. The minimum atomic E-state index is 0.526. The fraction of sp³-hybridized carbons (Fsp3) is 0.381. The van der Waals surface area contributed by atoms with Gasteiger partial charge in [0.25, 0.3) is 0 Å². The summed E-state index contributed by atoms with van der Waals surface area (Å²) in [6, 6.07) is 12.9. The Kier molecular flexibility index (Phi) is 4.35. The molecule has 0 bridgehead atoms. The van der Waals surface area contributed by atoms with Crippen LogP contribution in [0, 0.1) is 6.92 Å². The quantitative estimate of drug-likeness (QED) is 0.724. The van der Waals surface area contributed by atoms with Gasteiger partial charge in [0, 0.05) is 17.8 Å². The van der Waals surface area contributed by atoms with E-state index >= 15 is 0 Å². The predicted octanol–water partition coefficient (Wildman–Crippen LogP) is 5.06. The van der Waals surface area contributed by atoms with Gasteiger partial charge in [0.15, 0.2) is 0 Å². The van der Waals surface area contributed by atoms with Gasteiger partial charge in [0.2, 0.25) is 0 Å². The number of aryl methyl sites for hydroxylation is 1. The van der Waals surface area contributed by atoms with Crippen molar-refractivity contribution in [3.63, 3.8) is 0 Å². The molecule has 1 fully saturated rings. The summed E-state index contributed by atoms with van der Waals surface area (Å²) in [4.78, 5) is 4.97. The highest BCUT2D eigenvalue weighted by Crippen LogP contribution is 2.33. The Morgan fingerprint density at radius 3 is 2.76 bits per heavy atom. The minimum absolute atomic E-state index is 0.526. The van der Waals surface area contributed by atoms with Crippen LogP contribution in [0.2, 0.25) is 0 Å². The molecule has 4 rings (SSSR count). The van der Waals surface area contributed by atoms with Crippen LogP contribution in [0.15, 0.2) is 42.6 Å². The van der Waals surface area contributed by atoms with Gasteiger partial charge in [-0.1, -0.05) is 37.5 Å². The highest BCUT2D eigenvalue weighted by Gasteiger charge is 2.20. The summed E-state index contributed by atoms with van der Waals surface area (Å²) < 4.78 is 7.60. The number of aromatic nitrogens is 2. The van der Waals surface area contributed by atoms with E-state index in [-0.39, 0.29) is 0 Å². The number of anilines is 1. The lowest BCUT2D eigenvalue weighted by molar-refractivity contribution is 0.415. The third kappa shape index (κ3) is 3.09. The van der Waals surface area contributed by atoms with Crippen molar-refractivity contribution in [2.24, 2.45) is 0 Å². The van der Waals surface area contributed by atoms with Gasteiger partial charge in [-0.05, 0) is 43.5 Å². The van der Waals surface area contributed by atoms with Crippen molar-refractivity contribution in [3.8, 4) is 17.0 Å². The summed E-state index contributed by atoms with van der Waals surface area (Å²) >= 11 is 0. The molecule has 0 aliphatic heterocycles. The van der Waals surface area contributed by atoms with Gasteiger partial charge in [-0.3, -0.25) is 4.40 Å². The molecule has 1 aliphatic carbocycles. The van der Waals surface area contributed by atoms with Crippen molar-refractivity contribution in [1.82, 2.24) is 9.38 Å². The van der Waals surface area contributed by atoms with Crippen LogP contribution in [-0.4, -0.2) is 22.5 Å². The highest BCUT2D eigenvalue weighted by atomic mass is 16.5. The van der Waals surface area contributed by atoms with Crippen molar-refractivity contribution < 1.29 is 4.74 Å². The fourth-order valence-corrected chi connectivity index (χ4v) is 3.75. The molecule has 0 spiro atoms. The lowest BCUT2D eigenvalue weighted by atomic mass is 9.95. The number of nitrogens with one attached hydrogen (secondary N) is 1. The van der Waals surface area contributed by atoms with Crippen LogP contribution in [0.5, 0.6) is 5.75 Å². The Hall–Kier alpha value is -2.49. The van der Waals surface area contributed by atoms with Crippen molar-refractivity contribution in [3.05, 3.63) is 48.2 Å². The topological polar surface area (TPSA) is 38.6 Å². The van der Waals surface area contributed by atoms with E-state index in [1.54, 1.807) is 7.11 Å². The standard InChI is InChI=1S/C21H25N3O/c1-15-8-7-13-24-20(15)23-19(16-9-6-12-18(14-16)25-2)21(24)22-17-10-4-3-5-11-17/h6-9,12-14,17,22H,3-5,10-11H2,1-2H3. The summed E-state index contributed by atoms with van der Waals surface area (Å²) in [7, 11) is 1.70. The Bertz CT molecular complexity index is 878. The average molecular weight is 335 g/mol. The highest BCUT2D eigenvalue weighted by molar-refractivity contribution is 5.78. The van der Waals surface area contributed by atoms with Gasteiger partial charge >= 0.3 is 0 Å². The Morgan fingerprint density at radius 1 is 1.12 bits per heavy atom. The molecule has 3 aromatic rings. The molecule has 0 unspecified atom stereocenters. The largest absolute Gasteiger partial charge is 0.497 e. The summed E-state index contributed by atoms with van der Waals surface area (Å²) in [6.07, 6.45) is 8.54. The molecule has 0 saturated heterocycles. The number of imidazole rings is 1. The van der Waals surface area contributed by atoms with Crippen LogP contribution >= 0.6 is 0 Å². The Morgan fingerprint density at radius 2 is 1.96 bits per heavy atom. The summed E-state index contributed by atoms with van der Waals surface area (Å²) in [5.41, 5.74) is 4.28. The van der Waals surface area contributed by atoms with E-state index in [0.29, 0.717) is 6.04 Å². The lowest BCUT2D eigenvalue weighted by Gasteiger charge is -2.24. The second-order valence-electron chi connectivity index (χ2n) is 6.91. The van der Waals surface area contributed by atoms with Gasteiger partial charge in [-0.2, -0.15) is 0 Å². The number of benzene rings is 1. The zero-order valence-corrected chi connectivity index (χ0v) is 15.0. The molecule has 0 radical (unpaired) electrons. The number of nitrogens with zero attached hydrogens (tertiary/aromatic N) is 2. The number of rotatable bonds is 4. The molecular formula is C21H25N3O. The van der Waals surface area contributed by atoms with Crippen LogP contribution in [0.25, 0.3) is 16.9 Å². The number of methoxy groups -OCH3 is 1. The monoisotopic (exact) mass is 335 g/mol. The fourth-order valence-electron chi connectivity index (χ4n) is 3.75. The second-order valence-corrected chi connectivity index (χ2v) is 6.91. The zero-order valence-electron chi connectivity index (χ0n) is 15.0. The maximum Gasteiger partial charge on any atom is 0.142 e. The van der Waals surface area contributed by atoms with Crippen LogP contribution in [0.3, 0.4) is 0 Å². The predicted molar refractivity (Wildman–Crippen MR) is 102 cm³/mol. The number of ether oxygens (including phenoxy) is 1. The SMILES string of the molecule is COc1cccc(-c2nc3c(C)cccn3c2NC2CCCCC2)c1. The van der Waals surface area contributed by atoms with E-state index in [2.05, 4.69) is 47.1 Å². The Balaban J connectivity index is 1.83. The number of fused-ring (bicyclic) bond motifs is 1. The number of pyridine rings is 1. The molecule has 1 aliphatic rings. The first kappa shape index (κ1) is 16.0. The second kappa shape index (κ2) is 6.79. The summed E-state index contributed by atoms with van der Waals surface area (Å²) in [5.74, 6) is 1.95. The molecule has 1 N–H and O–H groups in total. The molecule has 2 aromatic heterocycles. The molecule has 0 amide bonds. The van der Waals surface area contributed by atoms with Gasteiger partial charge in [0.1, 0.15) is 22.9 Å². The van der Waals surface area contributed by atoms with Gasteiger partial charge < -0.3 is 10.1 Å². The van der Waals surface area contributed by atoms with E-state index in [4.69, 9.17) is 9.72 Å². The van der Waals surface area contributed by atoms with Gasteiger partial charge in [-0.25, -0.2) is 4.98 Å². The molecule has 0 atom stereocenters. The third-order valence-corrected chi connectivity index (χ3v) is 5.13. The van der Waals surface area contributed by atoms with Gasteiger partial charge in [-0.15, -0.1) is 0 Å². The van der Waals surface area contributed by atoms with Crippen molar-refractivity contribution in [1.29, 1.82) is 0 Å². The first-order chi connectivity index (χ1) is 12.3. The van der Waals surface area contributed by atoms with Crippen LogP contribution in [0.4, 0.5) is 5.82 Å². The molecule has 4 heteroatoms. The van der Waals surface area contributed by atoms with Crippen LogP contribution in [-0.2, 0) is 0 Å². The summed E-state index contributed by atoms with van der Waals surface area (Å²) in [5, 5.41) is 3.80. The van der Waals surface area contributed by atoms with E-state index in [9.17, 15) is 0 Å². The normalized spacial score (nSPS) is 15.4. The van der Waals surface area contributed by atoms with Gasteiger partial charge in [0.05, 0.1) is 7.11 Å². The maximum atomic E-state index is 5.41. The van der Waals surface area contributed by atoms with E-state index in [1.165, 1.54) is 37.7 Å². The van der Waals surface area contributed by atoms with E-state index in [0.717, 1.165) is 28.5 Å². The minimum Gasteiger partial charge on any atom is -0.497 e. The molecular weight excluding hydrogens is 310 g/mol. The molecule has 2 heterocycles. The molecule has 1 saturated carbocycles. The third-order valence-electron chi connectivity index (χ3n) is 5.13. The summed E-state index contributed by atoms with van der Waals surface area (Å²) in [6.45, 7) is 2.11. The molecule has 1 aromatic carbocycles. The van der Waals surface area contributed by atoms with E-state index in [1.807, 2.05) is 12.1 Å². The van der Waals surface area contributed by atoms with E-state index < -0.39 is 0 Å². The average Bonchev–Trinajstić information content (AvgIpc) is 3.03. The molecule has 130 valence electrons. The smallest absolute Gasteiger partial charge is 0.142 e. The maximum absolute atomic E-state index is 5.41. The van der Waals surface area contributed by atoms with Crippen LogP contribution < -0.4 is 10.1 Å². The lowest BCUT2D eigenvalue weighted by Crippen LogP contribution is -2.23. The van der Waals surface area contributed by atoms with Crippen molar-refractivity contribution in [2.45, 2.75) is 45.1 Å².